The maximum atomic E-state index is 14.4. The fourth-order valence-electron chi connectivity index (χ4n) is 3.46. The molecule has 4 rings (SSSR count). The third-order valence-corrected chi connectivity index (χ3v) is 6.78. The first-order valence-electron chi connectivity index (χ1n) is 8.42. The van der Waals surface area contributed by atoms with Crippen LogP contribution in [0.5, 0.6) is 0 Å². The van der Waals surface area contributed by atoms with Gasteiger partial charge in [-0.3, -0.25) is 4.68 Å². The highest BCUT2D eigenvalue weighted by molar-refractivity contribution is 7.89. The molecule has 0 radical (unpaired) electrons. The third kappa shape index (κ3) is 3.05. The second-order valence-corrected chi connectivity index (χ2v) is 8.88. The smallest absolute Gasteiger partial charge is 0.213 e. The fraction of sp³-hybridized carbons (Fsp3) is 0.353. The van der Waals surface area contributed by atoms with Crippen LogP contribution in [-0.2, 0) is 15.6 Å². The standard InChI is InChI=1S/C17H17FN6O2S.ClH/c1-2-27(25,26)23-10-17(11-23,4-5-19)24-9-12(7-22-24)15-13-3-6-20-16(13)21-8-14(15)18;/h3,6-9H,2,4,10-11H2,1H3,(H,20,21);1H. The zero-order valence-electron chi connectivity index (χ0n) is 15.0. The zero-order chi connectivity index (χ0) is 19.2. The lowest BCUT2D eigenvalue weighted by atomic mass is 9.89. The summed E-state index contributed by atoms with van der Waals surface area (Å²) in [5.74, 6) is -0.465. The van der Waals surface area contributed by atoms with Crippen LogP contribution >= 0.6 is 12.4 Å². The van der Waals surface area contributed by atoms with Gasteiger partial charge in [0.05, 0.1) is 30.6 Å². The maximum Gasteiger partial charge on any atom is 0.213 e. The van der Waals surface area contributed by atoms with E-state index in [4.69, 9.17) is 0 Å². The summed E-state index contributed by atoms with van der Waals surface area (Å²) < 4.78 is 41.5. The van der Waals surface area contributed by atoms with Crippen molar-refractivity contribution in [1.29, 1.82) is 5.26 Å². The van der Waals surface area contributed by atoms with Gasteiger partial charge in [0.25, 0.3) is 0 Å². The number of hydrogen-bond donors (Lipinski definition) is 1. The van der Waals surface area contributed by atoms with E-state index >= 15 is 0 Å². The molecule has 0 atom stereocenters. The highest BCUT2D eigenvalue weighted by atomic mass is 35.5. The van der Waals surface area contributed by atoms with Crippen LogP contribution in [0.25, 0.3) is 22.2 Å². The second-order valence-electron chi connectivity index (χ2n) is 6.62. The zero-order valence-corrected chi connectivity index (χ0v) is 16.6. The lowest BCUT2D eigenvalue weighted by Crippen LogP contribution is -2.64. The molecule has 1 saturated heterocycles. The highest BCUT2D eigenvalue weighted by Gasteiger charge is 2.49. The van der Waals surface area contributed by atoms with Crippen molar-refractivity contribution in [3.8, 4) is 17.2 Å². The molecule has 28 heavy (non-hydrogen) atoms. The molecule has 11 heteroatoms. The molecule has 1 aliphatic heterocycles. The van der Waals surface area contributed by atoms with E-state index in [1.54, 1.807) is 30.1 Å². The molecule has 8 nitrogen and oxygen atoms in total. The number of nitriles is 1. The van der Waals surface area contributed by atoms with Crippen LogP contribution in [0.15, 0.2) is 30.9 Å². The summed E-state index contributed by atoms with van der Waals surface area (Å²) >= 11 is 0. The molecule has 3 aromatic rings. The summed E-state index contributed by atoms with van der Waals surface area (Å²) in [5, 5.41) is 14.2. The molecule has 0 aromatic carbocycles. The second kappa shape index (κ2) is 7.16. The Labute approximate surface area is 167 Å². The Kier molecular flexibility index (Phi) is 5.18. The van der Waals surface area contributed by atoms with Crippen molar-refractivity contribution in [2.75, 3.05) is 18.8 Å². The lowest BCUT2D eigenvalue weighted by Gasteiger charge is -2.47. The summed E-state index contributed by atoms with van der Waals surface area (Å²) in [6.45, 7) is 1.94. The quantitative estimate of drug-likeness (QED) is 0.675. The van der Waals surface area contributed by atoms with E-state index < -0.39 is 21.4 Å². The van der Waals surface area contributed by atoms with Crippen molar-refractivity contribution in [2.45, 2.75) is 18.9 Å². The largest absolute Gasteiger partial charge is 0.346 e. The van der Waals surface area contributed by atoms with E-state index in [-0.39, 0.29) is 37.7 Å². The van der Waals surface area contributed by atoms with E-state index in [9.17, 15) is 18.1 Å². The summed E-state index contributed by atoms with van der Waals surface area (Å²) in [6.07, 6.45) is 6.14. The van der Waals surface area contributed by atoms with Crippen LogP contribution in [0.2, 0.25) is 0 Å². The van der Waals surface area contributed by atoms with Crippen LogP contribution < -0.4 is 0 Å². The normalized spacial score (nSPS) is 16.3. The molecular formula is C17H18ClFN6O2S. The first-order chi connectivity index (χ1) is 12.9. The van der Waals surface area contributed by atoms with Crippen molar-refractivity contribution in [1.82, 2.24) is 24.1 Å². The van der Waals surface area contributed by atoms with Gasteiger partial charge < -0.3 is 4.98 Å². The van der Waals surface area contributed by atoms with Crippen molar-refractivity contribution < 1.29 is 12.8 Å². The number of aromatic nitrogens is 4. The van der Waals surface area contributed by atoms with E-state index in [2.05, 4.69) is 21.1 Å². The van der Waals surface area contributed by atoms with Crippen LogP contribution in [-0.4, -0.2) is 51.3 Å². The number of aromatic amines is 1. The Morgan fingerprint density at radius 3 is 2.82 bits per heavy atom. The number of nitrogens with zero attached hydrogens (tertiary/aromatic N) is 5. The number of hydrogen-bond acceptors (Lipinski definition) is 5. The monoisotopic (exact) mass is 424 g/mol. The number of halogens is 2. The van der Waals surface area contributed by atoms with Crippen LogP contribution in [0, 0.1) is 17.1 Å². The number of fused-ring (bicyclic) bond motifs is 1. The number of H-pyrrole nitrogens is 1. The molecule has 1 N–H and O–H groups in total. The number of pyridine rings is 1. The molecule has 0 aliphatic carbocycles. The first-order valence-corrected chi connectivity index (χ1v) is 10.0. The Hall–Kier alpha value is -2.48. The van der Waals surface area contributed by atoms with Crippen molar-refractivity contribution in [3.05, 3.63) is 36.7 Å². The minimum atomic E-state index is -3.32. The molecule has 148 valence electrons. The third-order valence-electron chi connectivity index (χ3n) is 5.01. The number of sulfonamides is 1. The Morgan fingerprint density at radius 1 is 1.39 bits per heavy atom. The van der Waals surface area contributed by atoms with Gasteiger partial charge in [0, 0.05) is 42.0 Å². The fourth-order valence-corrected chi connectivity index (χ4v) is 4.70. The summed E-state index contributed by atoms with van der Waals surface area (Å²) in [4.78, 5) is 6.96. The van der Waals surface area contributed by atoms with Gasteiger partial charge in [0.2, 0.25) is 10.0 Å². The Bertz CT molecular complexity index is 1160. The SMILES string of the molecule is CCS(=O)(=O)N1CC(CC#N)(n2cc(-c3c(F)cnc4[nH]ccc34)cn2)C1.Cl. The predicted octanol–water partition coefficient (Wildman–Crippen LogP) is 2.26. The highest BCUT2D eigenvalue weighted by Crippen LogP contribution is 2.36. The molecule has 0 bridgehead atoms. The van der Waals surface area contributed by atoms with Crippen LogP contribution in [0.1, 0.15) is 13.3 Å². The Balaban J connectivity index is 0.00000225. The van der Waals surface area contributed by atoms with Gasteiger partial charge in [-0.25, -0.2) is 17.8 Å². The molecule has 0 spiro atoms. The molecule has 4 heterocycles. The minimum absolute atomic E-state index is 0. The van der Waals surface area contributed by atoms with E-state index in [0.717, 1.165) is 6.20 Å². The average molecular weight is 425 g/mol. The first kappa shape index (κ1) is 20.3. The molecule has 3 aromatic heterocycles. The van der Waals surface area contributed by atoms with Crippen LogP contribution in [0.4, 0.5) is 4.39 Å². The van der Waals surface area contributed by atoms with Gasteiger partial charge in [0.15, 0.2) is 0 Å². The maximum absolute atomic E-state index is 14.4. The van der Waals surface area contributed by atoms with Gasteiger partial charge >= 0.3 is 0 Å². The Morgan fingerprint density at radius 2 is 2.14 bits per heavy atom. The van der Waals surface area contributed by atoms with Crippen molar-refractivity contribution in [3.63, 3.8) is 0 Å². The number of rotatable bonds is 5. The van der Waals surface area contributed by atoms with Crippen molar-refractivity contribution in [2.24, 2.45) is 0 Å². The van der Waals surface area contributed by atoms with Gasteiger partial charge in [-0.15, -0.1) is 12.4 Å². The summed E-state index contributed by atoms with van der Waals surface area (Å²) in [5.41, 5.74) is 0.746. The van der Waals surface area contributed by atoms with Gasteiger partial charge in [0.1, 0.15) is 17.0 Å². The lowest BCUT2D eigenvalue weighted by molar-refractivity contribution is 0.0719. The predicted molar refractivity (Wildman–Crippen MR) is 104 cm³/mol. The van der Waals surface area contributed by atoms with E-state index in [1.807, 2.05) is 0 Å². The topological polar surface area (TPSA) is 108 Å². The van der Waals surface area contributed by atoms with Gasteiger partial charge in [-0.05, 0) is 13.0 Å². The molecule has 0 unspecified atom stereocenters. The van der Waals surface area contributed by atoms with E-state index in [1.165, 1.54) is 10.5 Å². The molecule has 1 fully saturated rings. The molecule has 0 saturated carbocycles. The molecular weight excluding hydrogens is 407 g/mol. The average Bonchev–Trinajstić information content (AvgIpc) is 3.27. The molecule has 0 amide bonds. The van der Waals surface area contributed by atoms with Crippen molar-refractivity contribution >= 4 is 33.5 Å². The van der Waals surface area contributed by atoms with Crippen LogP contribution in [0.3, 0.4) is 0 Å². The van der Waals surface area contributed by atoms with E-state index in [0.29, 0.717) is 22.2 Å². The summed E-state index contributed by atoms with van der Waals surface area (Å²) in [6, 6.07) is 3.85. The van der Waals surface area contributed by atoms with Gasteiger partial charge in [-0.1, -0.05) is 0 Å². The molecule has 1 aliphatic rings. The van der Waals surface area contributed by atoms with Gasteiger partial charge in [-0.2, -0.15) is 14.7 Å². The number of nitrogens with one attached hydrogen (secondary N) is 1. The minimum Gasteiger partial charge on any atom is -0.346 e. The summed E-state index contributed by atoms with van der Waals surface area (Å²) in [7, 11) is -3.32.